The standard InChI is InChI=1S/C12H16F3IN2O/c13-12(14,15)8-3-7(4-8)11(19)18-9-1-2-10(18)6-17(16)5-9/h7-10H,1-6H2/t7-,8-,9?,10?. The summed E-state index contributed by atoms with van der Waals surface area (Å²) in [7, 11) is 0. The van der Waals surface area contributed by atoms with Gasteiger partial charge in [0.05, 0.1) is 5.92 Å². The lowest BCUT2D eigenvalue weighted by molar-refractivity contribution is -0.207. The maximum absolute atomic E-state index is 12.5. The van der Waals surface area contributed by atoms with Gasteiger partial charge in [-0.25, -0.2) is 3.11 Å². The maximum atomic E-state index is 12.5. The fourth-order valence-electron chi connectivity index (χ4n) is 3.51. The molecule has 7 heteroatoms. The molecule has 2 unspecified atom stereocenters. The van der Waals surface area contributed by atoms with E-state index in [1.165, 1.54) is 0 Å². The zero-order valence-electron chi connectivity index (χ0n) is 10.4. The van der Waals surface area contributed by atoms with Gasteiger partial charge in [-0.1, -0.05) is 0 Å². The van der Waals surface area contributed by atoms with Gasteiger partial charge in [-0.2, -0.15) is 13.2 Å². The molecule has 1 saturated carbocycles. The van der Waals surface area contributed by atoms with Crippen molar-refractivity contribution in [2.24, 2.45) is 11.8 Å². The molecule has 0 aromatic rings. The minimum Gasteiger partial charge on any atom is -0.334 e. The zero-order chi connectivity index (χ0) is 13.8. The second-order valence-corrected chi connectivity index (χ2v) is 7.23. The molecule has 108 valence electrons. The van der Waals surface area contributed by atoms with Crippen molar-refractivity contribution >= 4 is 28.8 Å². The molecule has 2 aliphatic heterocycles. The van der Waals surface area contributed by atoms with Crippen LogP contribution in [0.4, 0.5) is 13.2 Å². The van der Waals surface area contributed by atoms with E-state index < -0.39 is 18.0 Å². The van der Waals surface area contributed by atoms with Gasteiger partial charge in [-0.05, 0) is 25.7 Å². The van der Waals surface area contributed by atoms with E-state index in [1.54, 1.807) is 0 Å². The van der Waals surface area contributed by atoms with Crippen LogP contribution >= 0.6 is 22.9 Å². The smallest absolute Gasteiger partial charge is 0.334 e. The van der Waals surface area contributed by atoms with Gasteiger partial charge in [0.2, 0.25) is 5.91 Å². The number of halogens is 4. The van der Waals surface area contributed by atoms with Crippen molar-refractivity contribution in [2.45, 2.75) is 43.9 Å². The first-order valence-corrected chi connectivity index (χ1v) is 7.62. The van der Waals surface area contributed by atoms with Crippen LogP contribution in [0, 0.1) is 11.8 Å². The predicted octanol–water partition coefficient (Wildman–Crippen LogP) is 2.60. The van der Waals surface area contributed by atoms with Crippen LogP contribution in [0.2, 0.25) is 0 Å². The summed E-state index contributed by atoms with van der Waals surface area (Å²) in [5.74, 6) is -1.68. The third-order valence-electron chi connectivity index (χ3n) is 4.64. The van der Waals surface area contributed by atoms with Gasteiger partial charge >= 0.3 is 6.18 Å². The molecule has 2 saturated heterocycles. The first-order valence-electron chi connectivity index (χ1n) is 6.66. The second kappa shape index (κ2) is 4.75. The highest BCUT2D eigenvalue weighted by Crippen LogP contribution is 2.46. The largest absolute Gasteiger partial charge is 0.391 e. The lowest BCUT2D eigenvalue weighted by Gasteiger charge is -2.44. The van der Waals surface area contributed by atoms with E-state index in [0.717, 1.165) is 25.9 Å². The zero-order valence-corrected chi connectivity index (χ0v) is 12.5. The van der Waals surface area contributed by atoms with E-state index in [-0.39, 0.29) is 30.8 Å². The van der Waals surface area contributed by atoms with Gasteiger partial charge in [0, 0.05) is 54.0 Å². The summed E-state index contributed by atoms with van der Waals surface area (Å²) in [4.78, 5) is 14.3. The number of fused-ring (bicyclic) bond motifs is 2. The summed E-state index contributed by atoms with van der Waals surface area (Å²) >= 11 is 2.26. The van der Waals surface area contributed by atoms with Crippen LogP contribution in [-0.2, 0) is 4.79 Å². The van der Waals surface area contributed by atoms with Crippen LogP contribution in [0.3, 0.4) is 0 Å². The number of alkyl halides is 3. The molecule has 1 aliphatic carbocycles. The van der Waals surface area contributed by atoms with E-state index in [2.05, 4.69) is 26.0 Å². The molecule has 0 spiro atoms. The number of hydrogen-bond donors (Lipinski definition) is 0. The van der Waals surface area contributed by atoms with Crippen molar-refractivity contribution in [2.75, 3.05) is 13.1 Å². The van der Waals surface area contributed by atoms with E-state index >= 15 is 0 Å². The van der Waals surface area contributed by atoms with Crippen molar-refractivity contribution in [1.82, 2.24) is 8.01 Å². The molecule has 3 aliphatic rings. The highest BCUT2D eigenvalue weighted by molar-refractivity contribution is 14.1. The lowest BCUT2D eigenvalue weighted by atomic mass is 9.73. The van der Waals surface area contributed by atoms with E-state index in [0.29, 0.717) is 0 Å². The number of nitrogens with zero attached hydrogens (tertiary/aromatic N) is 2. The maximum Gasteiger partial charge on any atom is 0.391 e. The molecule has 3 fully saturated rings. The third kappa shape index (κ3) is 2.48. The van der Waals surface area contributed by atoms with Crippen molar-refractivity contribution in [3.8, 4) is 0 Å². The SMILES string of the molecule is O=C([C@H]1C[C@H](C(F)(F)F)C1)N1C2CCC1CN(I)C2. The number of carbonyl (C=O) groups excluding carboxylic acids is 1. The van der Waals surface area contributed by atoms with Crippen LogP contribution in [0.25, 0.3) is 0 Å². The van der Waals surface area contributed by atoms with E-state index in [9.17, 15) is 18.0 Å². The van der Waals surface area contributed by atoms with Gasteiger partial charge in [0.25, 0.3) is 0 Å². The van der Waals surface area contributed by atoms with Gasteiger partial charge in [-0.3, -0.25) is 4.79 Å². The second-order valence-electron chi connectivity index (χ2n) is 5.87. The van der Waals surface area contributed by atoms with E-state index in [4.69, 9.17) is 0 Å². The Hall–Kier alpha value is -0.0500. The quantitative estimate of drug-likeness (QED) is 0.510. The topological polar surface area (TPSA) is 23.6 Å². The normalized spacial score (nSPS) is 39.3. The third-order valence-corrected chi connectivity index (χ3v) is 5.43. The minimum atomic E-state index is -4.13. The molecule has 2 heterocycles. The summed E-state index contributed by atoms with van der Waals surface area (Å²) in [5.41, 5.74) is 0. The van der Waals surface area contributed by atoms with E-state index in [1.807, 2.05) is 4.90 Å². The number of hydrogen-bond acceptors (Lipinski definition) is 2. The molecule has 0 aromatic heterocycles. The molecular weight excluding hydrogens is 372 g/mol. The van der Waals surface area contributed by atoms with Gasteiger partial charge in [-0.15, -0.1) is 0 Å². The Morgan fingerprint density at radius 3 is 2.11 bits per heavy atom. The highest BCUT2D eigenvalue weighted by atomic mass is 127. The average Bonchev–Trinajstić information content (AvgIpc) is 2.46. The molecule has 19 heavy (non-hydrogen) atoms. The van der Waals surface area contributed by atoms with Gasteiger partial charge < -0.3 is 4.90 Å². The molecule has 2 bridgehead atoms. The molecule has 0 N–H and O–H groups in total. The number of rotatable bonds is 1. The van der Waals surface area contributed by atoms with Crippen LogP contribution in [0.5, 0.6) is 0 Å². The molecule has 1 amide bonds. The van der Waals surface area contributed by atoms with Crippen molar-refractivity contribution in [1.29, 1.82) is 0 Å². The first-order chi connectivity index (χ1) is 8.86. The molecule has 2 atom stereocenters. The summed E-state index contributed by atoms with van der Waals surface area (Å²) < 4.78 is 39.6. The van der Waals surface area contributed by atoms with Crippen molar-refractivity contribution < 1.29 is 18.0 Å². The summed E-state index contributed by atoms with van der Waals surface area (Å²) in [6.45, 7) is 1.69. The fourth-order valence-corrected chi connectivity index (χ4v) is 4.42. The Kier molecular flexibility index (Phi) is 3.48. The van der Waals surface area contributed by atoms with Crippen molar-refractivity contribution in [3.63, 3.8) is 0 Å². The van der Waals surface area contributed by atoms with Crippen molar-refractivity contribution in [3.05, 3.63) is 0 Å². The first kappa shape index (κ1) is 13.9. The van der Waals surface area contributed by atoms with Crippen LogP contribution in [0.15, 0.2) is 0 Å². The molecule has 0 aromatic carbocycles. The Labute approximate surface area is 124 Å². The number of amides is 1. The predicted molar refractivity (Wildman–Crippen MR) is 71.5 cm³/mol. The fraction of sp³-hybridized carbons (Fsp3) is 0.917. The van der Waals surface area contributed by atoms with Gasteiger partial charge in [0.15, 0.2) is 0 Å². The van der Waals surface area contributed by atoms with Crippen LogP contribution < -0.4 is 0 Å². The lowest BCUT2D eigenvalue weighted by Crippen LogP contribution is -2.56. The highest BCUT2D eigenvalue weighted by Gasteiger charge is 2.53. The number of carbonyl (C=O) groups is 1. The Balaban J connectivity index is 1.61. The summed E-state index contributed by atoms with van der Waals surface area (Å²) in [6.07, 6.45) is -2.16. The average molecular weight is 388 g/mol. The molecule has 3 nitrogen and oxygen atoms in total. The Morgan fingerprint density at radius 2 is 1.63 bits per heavy atom. The summed E-state index contributed by atoms with van der Waals surface area (Å²) in [6, 6.07) is 0.432. The summed E-state index contributed by atoms with van der Waals surface area (Å²) in [5, 5.41) is 0. The van der Waals surface area contributed by atoms with Crippen LogP contribution in [0.1, 0.15) is 25.7 Å². The Bertz CT molecular complexity index is 370. The minimum absolute atomic E-state index is 0.00772. The molecular formula is C12H16F3IN2O. The molecule has 3 rings (SSSR count). The molecule has 0 radical (unpaired) electrons. The number of piperazine rings is 1. The van der Waals surface area contributed by atoms with Crippen LogP contribution in [-0.4, -0.2) is 45.3 Å². The Morgan fingerprint density at radius 1 is 1.11 bits per heavy atom. The van der Waals surface area contributed by atoms with Gasteiger partial charge in [0.1, 0.15) is 0 Å². The monoisotopic (exact) mass is 388 g/mol.